The van der Waals surface area contributed by atoms with Crippen LogP contribution in [0.5, 0.6) is 0 Å². The number of pyridine rings is 1. The van der Waals surface area contributed by atoms with Crippen LogP contribution in [0.1, 0.15) is 37.7 Å². The van der Waals surface area contributed by atoms with E-state index in [1.54, 1.807) is 25.4 Å². The summed E-state index contributed by atoms with van der Waals surface area (Å²) in [5.41, 5.74) is 0.406. The summed E-state index contributed by atoms with van der Waals surface area (Å²) in [4.78, 5) is 32.5. The number of fused-ring (bicyclic) bond motifs is 1. The Bertz CT molecular complexity index is 1010. The van der Waals surface area contributed by atoms with Crippen molar-refractivity contribution in [1.82, 2.24) is 14.7 Å². The van der Waals surface area contributed by atoms with Gasteiger partial charge in [-0.2, -0.15) is 5.26 Å². The number of ether oxygens (including phenoxy) is 1. The second-order valence-electron chi connectivity index (χ2n) is 7.26. The summed E-state index contributed by atoms with van der Waals surface area (Å²) in [6, 6.07) is 7.30. The van der Waals surface area contributed by atoms with Crippen LogP contribution in [-0.2, 0) is 9.53 Å². The zero-order chi connectivity index (χ0) is 21.3. The van der Waals surface area contributed by atoms with E-state index < -0.39 is 5.91 Å². The van der Waals surface area contributed by atoms with E-state index in [-0.39, 0.29) is 16.7 Å². The molecule has 0 saturated carbocycles. The molecule has 30 heavy (non-hydrogen) atoms. The third-order valence-electron chi connectivity index (χ3n) is 5.12. The van der Waals surface area contributed by atoms with Crippen LogP contribution >= 0.6 is 0 Å². The van der Waals surface area contributed by atoms with Gasteiger partial charge in [-0.15, -0.1) is 0 Å². The summed E-state index contributed by atoms with van der Waals surface area (Å²) in [5, 5.41) is 12.3. The van der Waals surface area contributed by atoms with Crippen molar-refractivity contribution in [1.29, 1.82) is 5.26 Å². The molecular formula is C22H27N5O3. The van der Waals surface area contributed by atoms with Gasteiger partial charge in [0.25, 0.3) is 11.5 Å². The fraction of sp³-hybridized carbons (Fsp3) is 0.455. The molecule has 1 saturated heterocycles. The largest absolute Gasteiger partial charge is 0.385 e. The molecule has 1 N–H and O–H groups in total. The van der Waals surface area contributed by atoms with Crippen LogP contribution < -0.4 is 15.8 Å². The number of aromatic nitrogens is 2. The Labute approximate surface area is 175 Å². The Morgan fingerprint density at radius 1 is 1.30 bits per heavy atom. The van der Waals surface area contributed by atoms with Crippen LogP contribution in [-0.4, -0.2) is 48.6 Å². The highest BCUT2D eigenvalue weighted by Gasteiger charge is 2.20. The molecule has 1 aliphatic rings. The molecule has 3 heterocycles. The van der Waals surface area contributed by atoms with Crippen LogP contribution in [0.15, 0.2) is 34.8 Å². The topological polar surface area (TPSA) is 99.7 Å². The van der Waals surface area contributed by atoms with E-state index in [2.05, 4.69) is 10.2 Å². The van der Waals surface area contributed by atoms with Crippen molar-refractivity contribution in [3.05, 3.63) is 45.9 Å². The fourth-order valence-corrected chi connectivity index (χ4v) is 3.55. The van der Waals surface area contributed by atoms with Crippen molar-refractivity contribution in [2.24, 2.45) is 0 Å². The first-order chi connectivity index (χ1) is 14.7. The molecule has 2 aromatic rings. The maximum Gasteiger partial charge on any atom is 0.267 e. The Balaban J connectivity index is 2.03. The maximum absolute atomic E-state index is 13.2. The predicted octanol–water partition coefficient (Wildman–Crippen LogP) is 2.13. The average Bonchev–Trinajstić information content (AvgIpc) is 3.05. The first-order valence-corrected chi connectivity index (χ1v) is 10.3. The molecular weight excluding hydrogens is 382 g/mol. The lowest BCUT2D eigenvalue weighted by Crippen LogP contribution is -2.31. The van der Waals surface area contributed by atoms with Crippen LogP contribution in [0.3, 0.4) is 0 Å². The predicted molar refractivity (Wildman–Crippen MR) is 115 cm³/mol. The van der Waals surface area contributed by atoms with Gasteiger partial charge in [0.05, 0.1) is 5.56 Å². The summed E-state index contributed by atoms with van der Waals surface area (Å²) in [5.74, 6) is 0.0287. The molecule has 8 heteroatoms. The summed E-state index contributed by atoms with van der Waals surface area (Å²) in [7, 11) is 1.59. The van der Waals surface area contributed by atoms with Gasteiger partial charge < -0.3 is 15.0 Å². The molecule has 1 amide bonds. The van der Waals surface area contributed by atoms with Gasteiger partial charge in [-0.3, -0.25) is 14.0 Å². The van der Waals surface area contributed by atoms with E-state index in [9.17, 15) is 14.9 Å². The SMILES string of the molecule is COCCCNC(=O)C(C#N)=Cc1c(N2CCCCCC2)nc2ccccn2c1=O. The van der Waals surface area contributed by atoms with Gasteiger partial charge >= 0.3 is 0 Å². The standard InChI is InChI=1S/C22H27N5O3/c1-30-14-8-10-24-21(28)17(16-23)15-18-20(26-11-5-2-3-6-12-26)25-19-9-4-7-13-27(19)22(18)29/h4,7,9,13,15H,2-3,5-6,8,10-12,14H2,1H3,(H,24,28). The number of amides is 1. The van der Waals surface area contributed by atoms with E-state index in [4.69, 9.17) is 9.72 Å². The monoisotopic (exact) mass is 409 g/mol. The Hall–Kier alpha value is -3.18. The van der Waals surface area contributed by atoms with Crippen molar-refractivity contribution >= 4 is 23.4 Å². The molecule has 1 fully saturated rings. The van der Waals surface area contributed by atoms with Crippen molar-refractivity contribution in [3.8, 4) is 6.07 Å². The maximum atomic E-state index is 13.2. The summed E-state index contributed by atoms with van der Waals surface area (Å²) in [6.45, 7) is 2.49. The normalized spacial score (nSPS) is 14.9. The van der Waals surface area contributed by atoms with Crippen LogP contribution in [0.4, 0.5) is 5.82 Å². The fourth-order valence-electron chi connectivity index (χ4n) is 3.55. The van der Waals surface area contributed by atoms with E-state index in [1.807, 2.05) is 12.1 Å². The Morgan fingerprint density at radius 2 is 2.07 bits per heavy atom. The highest BCUT2D eigenvalue weighted by Crippen LogP contribution is 2.22. The lowest BCUT2D eigenvalue weighted by molar-refractivity contribution is -0.117. The summed E-state index contributed by atoms with van der Waals surface area (Å²) >= 11 is 0. The number of anilines is 1. The van der Waals surface area contributed by atoms with Gasteiger partial charge in [0.15, 0.2) is 0 Å². The lowest BCUT2D eigenvalue weighted by atomic mass is 10.1. The van der Waals surface area contributed by atoms with Crippen LogP contribution in [0.2, 0.25) is 0 Å². The van der Waals surface area contributed by atoms with E-state index in [1.165, 1.54) is 10.5 Å². The number of nitrogens with one attached hydrogen (secondary N) is 1. The molecule has 0 atom stereocenters. The number of methoxy groups -OCH3 is 1. The molecule has 2 aromatic heterocycles. The highest BCUT2D eigenvalue weighted by molar-refractivity contribution is 6.02. The van der Waals surface area contributed by atoms with Gasteiger partial charge in [0.2, 0.25) is 0 Å². The molecule has 0 unspecified atom stereocenters. The molecule has 8 nitrogen and oxygen atoms in total. The number of hydrogen-bond donors (Lipinski definition) is 1. The third-order valence-corrected chi connectivity index (χ3v) is 5.12. The molecule has 0 aromatic carbocycles. The number of carbonyl (C=O) groups is 1. The number of rotatable bonds is 7. The first-order valence-electron chi connectivity index (χ1n) is 10.3. The van der Waals surface area contributed by atoms with E-state index in [0.717, 1.165) is 38.8 Å². The molecule has 1 aliphatic heterocycles. The van der Waals surface area contributed by atoms with Crippen molar-refractivity contribution in [2.75, 3.05) is 38.3 Å². The van der Waals surface area contributed by atoms with Crippen LogP contribution in [0.25, 0.3) is 11.7 Å². The highest BCUT2D eigenvalue weighted by atomic mass is 16.5. The summed E-state index contributed by atoms with van der Waals surface area (Å²) < 4.78 is 6.41. The zero-order valence-corrected chi connectivity index (χ0v) is 17.3. The molecule has 158 valence electrons. The Morgan fingerprint density at radius 3 is 2.77 bits per heavy atom. The van der Waals surface area contributed by atoms with E-state index in [0.29, 0.717) is 31.0 Å². The summed E-state index contributed by atoms with van der Waals surface area (Å²) in [6.07, 6.45) is 7.98. The number of nitriles is 1. The van der Waals surface area contributed by atoms with Crippen molar-refractivity contribution < 1.29 is 9.53 Å². The van der Waals surface area contributed by atoms with Gasteiger partial charge in [0.1, 0.15) is 23.1 Å². The minimum absolute atomic E-state index is 0.113. The second kappa shape index (κ2) is 10.6. The zero-order valence-electron chi connectivity index (χ0n) is 17.3. The number of nitrogens with zero attached hydrogens (tertiary/aromatic N) is 4. The molecule has 0 bridgehead atoms. The minimum atomic E-state index is -0.507. The first kappa shape index (κ1) is 21.5. The average molecular weight is 409 g/mol. The second-order valence-corrected chi connectivity index (χ2v) is 7.26. The lowest BCUT2D eigenvalue weighted by Gasteiger charge is -2.23. The Kier molecular flexibility index (Phi) is 7.57. The quantitative estimate of drug-likeness (QED) is 0.427. The van der Waals surface area contributed by atoms with Crippen LogP contribution in [0, 0.1) is 11.3 Å². The van der Waals surface area contributed by atoms with Gasteiger partial charge in [-0.05, 0) is 37.5 Å². The van der Waals surface area contributed by atoms with Gasteiger partial charge in [0, 0.05) is 39.5 Å². The number of hydrogen-bond acceptors (Lipinski definition) is 6. The molecule has 3 rings (SSSR count). The molecule has 0 radical (unpaired) electrons. The van der Waals surface area contributed by atoms with Crippen molar-refractivity contribution in [3.63, 3.8) is 0 Å². The molecule has 0 spiro atoms. The minimum Gasteiger partial charge on any atom is -0.385 e. The van der Waals surface area contributed by atoms with Gasteiger partial charge in [-0.25, -0.2) is 4.98 Å². The van der Waals surface area contributed by atoms with Crippen molar-refractivity contribution in [2.45, 2.75) is 32.1 Å². The number of carbonyl (C=O) groups excluding carboxylic acids is 1. The van der Waals surface area contributed by atoms with Gasteiger partial charge in [-0.1, -0.05) is 18.9 Å². The molecule has 0 aliphatic carbocycles. The third kappa shape index (κ3) is 5.05. The smallest absolute Gasteiger partial charge is 0.267 e. The van der Waals surface area contributed by atoms with E-state index >= 15 is 0 Å².